The largest absolute Gasteiger partial charge is 0.330 e. The summed E-state index contributed by atoms with van der Waals surface area (Å²) >= 11 is 11.8. The maximum atomic E-state index is 12.8. The molecule has 0 aliphatic heterocycles. The van der Waals surface area contributed by atoms with Crippen LogP contribution >= 0.6 is 23.2 Å². The van der Waals surface area contributed by atoms with Crippen molar-refractivity contribution in [3.8, 4) is 0 Å². The van der Waals surface area contributed by atoms with Crippen LogP contribution in [0.2, 0.25) is 10.0 Å². The molecule has 0 heterocycles. The van der Waals surface area contributed by atoms with Gasteiger partial charge in [0.25, 0.3) is 0 Å². The van der Waals surface area contributed by atoms with Crippen molar-refractivity contribution in [2.75, 3.05) is 19.6 Å². The molecule has 0 aliphatic carbocycles. The Labute approximate surface area is 137 Å². The summed E-state index contributed by atoms with van der Waals surface area (Å²) in [5, 5.41) is 0.562. The number of benzene rings is 1. The van der Waals surface area contributed by atoms with E-state index in [4.69, 9.17) is 28.9 Å². The number of rotatable bonds is 7. The molecule has 0 saturated heterocycles. The summed E-state index contributed by atoms with van der Waals surface area (Å²) in [5.41, 5.74) is 5.42. The Bertz CT molecular complexity index is 589. The van der Waals surface area contributed by atoms with Gasteiger partial charge in [-0.15, -0.1) is 0 Å². The molecule has 1 aromatic carbocycles. The number of hydrogen-bond donors (Lipinski definition) is 1. The van der Waals surface area contributed by atoms with Crippen molar-refractivity contribution in [3.05, 3.63) is 28.2 Å². The lowest BCUT2D eigenvalue weighted by Gasteiger charge is -2.31. The maximum absolute atomic E-state index is 12.8. The van der Waals surface area contributed by atoms with Crippen LogP contribution in [0.15, 0.2) is 23.1 Å². The first-order valence-corrected chi connectivity index (χ1v) is 8.99. The van der Waals surface area contributed by atoms with Crippen LogP contribution in [0.5, 0.6) is 0 Å². The van der Waals surface area contributed by atoms with Crippen molar-refractivity contribution in [3.63, 3.8) is 0 Å². The fraction of sp³-hybridized carbons (Fsp3) is 0.571. The third-order valence-corrected chi connectivity index (χ3v) is 5.74. The molecular weight excluding hydrogens is 331 g/mol. The second kappa shape index (κ2) is 7.29. The van der Waals surface area contributed by atoms with Crippen LogP contribution in [0.4, 0.5) is 0 Å². The molecular formula is C14H22Cl2N2O2S. The number of nitrogens with two attached hydrogens (primary N) is 1. The minimum Gasteiger partial charge on any atom is -0.330 e. The van der Waals surface area contributed by atoms with E-state index in [1.165, 1.54) is 22.5 Å². The first-order valence-electron chi connectivity index (χ1n) is 6.79. The minimum atomic E-state index is -3.61. The van der Waals surface area contributed by atoms with Gasteiger partial charge in [-0.2, -0.15) is 4.31 Å². The fourth-order valence-electron chi connectivity index (χ4n) is 1.86. The lowest BCUT2D eigenvalue weighted by atomic mass is 9.94. The fourth-order valence-corrected chi connectivity index (χ4v) is 3.97. The third kappa shape index (κ3) is 4.83. The number of sulfonamides is 1. The van der Waals surface area contributed by atoms with E-state index in [0.29, 0.717) is 24.7 Å². The molecule has 120 valence electrons. The average molecular weight is 353 g/mol. The van der Waals surface area contributed by atoms with Crippen LogP contribution in [-0.2, 0) is 10.0 Å². The molecule has 0 bridgehead atoms. The van der Waals surface area contributed by atoms with Crippen LogP contribution < -0.4 is 5.73 Å². The summed E-state index contributed by atoms with van der Waals surface area (Å²) < 4.78 is 27.0. The van der Waals surface area contributed by atoms with Gasteiger partial charge in [0, 0.05) is 13.1 Å². The van der Waals surface area contributed by atoms with Gasteiger partial charge in [-0.05, 0) is 36.6 Å². The van der Waals surface area contributed by atoms with Crippen molar-refractivity contribution in [1.29, 1.82) is 0 Å². The van der Waals surface area contributed by atoms with Crippen LogP contribution in [0.3, 0.4) is 0 Å². The molecule has 0 fully saturated rings. The van der Waals surface area contributed by atoms with E-state index in [-0.39, 0.29) is 15.3 Å². The Morgan fingerprint density at radius 3 is 2.33 bits per heavy atom. The van der Waals surface area contributed by atoms with Gasteiger partial charge in [-0.3, -0.25) is 0 Å². The average Bonchev–Trinajstić information content (AvgIpc) is 2.41. The summed E-state index contributed by atoms with van der Waals surface area (Å²) in [5.74, 6) is 0. The molecule has 0 saturated carbocycles. The molecule has 0 aromatic heterocycles. The molecule has 0 atom stereocenters. The predicted octanol–water partition coefficient (Wildman–Crippen LogP) is 3.38. The topological polar surface area (TPSA) is 63.4 Å². The van der Waals surface area contributed by atoms with Gasteiger partial charge < -0.3 is 5.73 Å². The first-order chi connectivity index (χ1) is 9.64. The zero-order valence-electron chi connectivity index (χ0n) is 12.6. The highest BCUT2D eigenvalue weighted by molar-refractivity contribution is 7.89. The highest BCUT2D eigenvalue weighted by atomic mass is 35.5. The van der Waals surface area contributed by atoms with E-state index in [2.05, 4.69) is 0 Å². The second-order valence-electron chi connectivity index (χ2n) is 5.78. The van der Waals surface area contributed by atoms with Gasteiger partial charge >= 0.3 is 0 Å². The summed E-state index contributed by atoms with van der Waals surface area (Å²) in [7, 11) is -3.61. The van der Waals surface area contributed by atoms with Crippen molar-refractivity contribution < 1.29 is 8.42 Å². The quantitative estimate of drug-likeness (QED) is 0.817. The molecule has 4 nitrogen and oxygen atoms in total. The molecule has 21 heavy (non-hydrogen) atoms. The Kier molecular flexibility index (Phi) is 6.50. The second-order valence-corrected chi connectivity index (χ2v) is 8.54. The van der Waals surface area contributed by atoms with Gasteiger partial charge in [0.05, 0.1) is 14.9 Å². The standard InChI is InChI=1S/C14H22Cl2N2O2S/c1-4-7-18(10-14(2,3)9-17)21(19,20)11-5-6-12(15)13(16)8-11/h5-6,8H,4,7,9-10,17H2,1-3H3. The summed E-state index contributed by atoms with van der Waals surface area (Å²) in [6.07, 6.45) is 0.723. The third-order valence-electron chi connectivity index (χ3n) is 3.16. The van der Waals surface area contributed by atoms with Gasteiger partial charge in [0.15, 0.2) is 0 Å². The number of halogens is 2. The van der Waals surface area contributed by atoms with E-state index in [9.17, 15) is 8.42 Å². The SMILES string of the molecule is CCCN(CC(C)(C)CN)S(=O)(=O)c1ccc(Cl)c(Cl)c1. The maximum Gasteiger partial charge on any atom is 0.243 e. The number of hydrogen-bond acceptors (Lipinski definition) is 3. The molecule has 1 aromatic rings. The monoisotopic (exact) mass is 352 g/mol. The Balaban J connectivity index is 3.18. The van der Waals surface area contributed by atoms with Crippen LogP contribution in [-0.4, -0.2) is 32.4 Å². The normalized spacial score (nSPS) is 12.9. The van der Waals surface area contributed by atoms with E-state index in [0.717, 1.165) is 6.42 Å². The minimum absolute atomic E-state index is 0.151. The lowest BCUT2D eigenvalue weighted by Crippen LogP contribution is -2.42. The molecule has 7 heteroatoms. The van der Waals surface area contributed by atoms with E-state index >= 15 is 0 Å². The first kappa shape index (κ1) is 18.7. The predicted molar refractivity (Wildman–Crippen MR) is 88.3 cm³/mol. The zero-order valence-corrected chi connectivity index (χ0v) is 14.9. The van der Waals surface area contributed by atoms with Gasteiger partial charge in [0.1, 0.15) is 0 Å². The van der Waals surface area contributed by atoms with Crippen LogP contribution in [0.25, 0.3) is 0 Å². The van der Waals surface area contributed by atoms with Crippen molar-refractivity contribution in [2.24, 2.45) is 11.1 Å². The van der Waals surface area contributed by atoms with Gasteiger partial charge in [-0.1, -0.05) is 44.0 Å². The Hall–Kier alpha value is -0.330. The van der Waals surface area contributed by atoms with Crippen molar-refractivity contribution >= 4 is 33.2 Å². The van der Waals surface area contributed by atoms with Gasteiger partial charge in [0.2, 0.25) is 10.0 Å². The molecule has 0 unspecified atom stereocenters. The van der Waals surface area contributed by atoms with E-state index in [1.807, 2.05) is 20.8 Å². The Morgan fingerprint density at radius 2 is 1.86 bits per heavy atom. The summed E-state index contributed by atoms with van der Waals surface area (Å²) in [6.45, 7) is 7.03. The smallest absolute Gasteiger partial charge is 0.243 e. The Morgan fingerprint density at radius 1 is 1.24 bits per heavy atom. The highest BCUT2D eigenvalue weighted by Gasteiger charge is 2.29. The zero-order chi connectivity index (χ0) is 16.3. The summed E-state index contributed by atoms with van der Waals surface area (Å²) in [4.78, 5) is 0.151. The number of nitrogens with zero attached hydrogens (tertiary/aromatic N) is 1. The van der Waals surface area contributed by atoms with E-state index in [1.54, 1.807) is 0 Å². The molecule has 0 amide bonds. The van der Waals surface area contributed by atoms with E-state index < -0.39 is 10.0 Å². The lowest BCUT2D eigenvalue weighted by molar-refractivity contribution is 0.266. The molecule has 1 rings (SSSR count). The molecule has 0 aliphatic rings. The van der Waals surface area contributed by atoms with Crippen LogP contribution in [0.1, 0.15) is 27.2 Å². The van der Waals surface area contributed by atoms with Gasteiger partial charge in [-0.25, -0.2) is 8.42 Å². The molecule has 0 spiro atoms. The van der Waals surface area contributed by atoms with Crippen LogP contribution in [0, 0.1) is 5.41 Å². The summed E-state index contributed by atoms with van der Waals surface area (Å²) in [6, 6.07) is 4.36. The highest BCUT2D eigenvalue weighted by Crippen LogP contribution is 2.28. The van der Waals surface area contributed by atoms with Crippen molar-refractivity contribution in [1.82, 2.24) is 4.31 Å². The molecule has 2 N–H and O–H groups in total. The molecule has 0 radical (unpaired) electrons. The van der Waals surface area contributed by atoms with Crippen molar-refractivity contribution in [2.45, 2.75) is 32.1 Å².